The Balaban J connectivity index is 0.00000180. The van der Waals surface area contributed by atoms with E-state index in [2.05, 4.69) is 10.6 Å². The third-order valence-electron chi connectivity index (χ3n) is 3.09. The molecular formula is C14H21ClN2O2. The Labute approximate surface area is 120 Å². The average molecular weight is 285 g/mol. The predicted molar refractivity (Wildman–Crippen MR) is 77.9 cm³/mol. The lowest BCUT2D eigenvalue weighted by molar-refractivity contribution is -0.124. The van der Waals surface area contributed by atoms with Crippen LogP contribution in [0.25, 0.3) is 0 Å². The highest BCUT2D eigenvalue weighted by Crippen LogP contribution is 2.12. The quantitative estimate of drug-likeness (QED) is 0.806. The molecule has 1 unspecified atom stereocenters. The van der Waals surface area contributed by atoms with Crippen molar-refractivity contribution in [1.29, 1.82) is 0 Å². The lowest BCUT2D eigenvalue weighted by atomic mass is 10.1. The van der Waals surface area contributed by atoms with Crippen LogP contribution in [0.4, 0.5) is 0 Å². The van der Waals surface area contributed by atoms with Crippen LogP contribution in [-0.4, -0.2) is 32.1 Å². The van der Waals surface area contributed by atoms with Gasteiger partial charge in [0, 0.05) is 6.54 Å². The normalized spacial score (nSPS) is 17.6. The Kier molecular flexibility index (Phi) is 6.67. The van der Waals surface area contributed by atoms with E-state index in [1.807, 2.05) is 31.2 Å². The number of hydrogen-bond donors (Lipinski definition) is 2. The molecule has 1 aliphatic rings. The first kappa shape index (κ1) is 15.8. The van der Waals surface area contributed by atoms with Crippen molar-refractivity contribution in [3.63, 3.8) is 0 Å². The van der Waals surface area contributed by atoms with Crippen molar-refractivity contribution in [1.82, 2.24) is 10.6 Å². The maximum absolute atomic E-state index is 11.7. The number of aryl methyl sites for hydroxylation is 1. The minimum Gasteiger partial charge on any atom is -0.492 e. The van der Waals surface area contributed by atoms with Gasteiger partial charge in [-0.25, -0.2) is 0 Å². The van der Waals surface area contributed by atoms with Crippen LogP contribution in [0, 0.1) is 12.8 Å². The van der Waals surface area contributed by atoms with E-state index >= 15 is 0 Å². The molecule has 1 heterocycles. The van der Waals surface area contributed by atoms with E-state index in [1.165, 1.54) is 5.56 Å². The van der Waals surface area contributed by atoms with Gasteiger partial charge < -0.3 is 15.4 Å². The standard InChI is InChI=1S/C14H20N2O2.ClH/c1-11-3-2-4-13(9-11)18-8-7-16-14(17)12-5-6-15-10-12;/h2-4,9,12,15H,5-8,10H2,1H3,(H,16,17);1H. The van der Waals surface area contributed by atoms with E-state index in [-0.39, 0.29) is 24.2 Å². The van der Waals surface area contributed by atoms with Gasteiger partial charge in [0.15, 0.2) is 0 Å². The van der Waals surface area contributed by atoms with Crippen molar-refractivity contribution in [3.05, 3.63) is 29.8 Å². The molecule has 1 aromatic carbocycles. The SMILES string of the molecule is Cc1cccc(OCCNC(=O)C2CCNC2)c1.Cl. The molecule has 0 aromatic heterocycles. The van der Waals surface area contributed by atoms with Crippen molar-refractivity contribution >= 4 is 18.3 Å². The van der Waals surface area contributed by atoms with Gasteiger partial charge in [-0.2, -0.15) is 0 Å². The number of benzene rings is 1. The van der Waals surface area contributed by atoms with Gasteiger partial charge in [0.1, 0.15) is 12.4 Å². The topological polar surface area (TPSA) is 50.4 Å². The minimum absolute atomic E-state index is 0. The fourth-order valence-electron chi connectivity index (χ4n) is 2.07. The van der Waals surface area contributed by atoms with Crippen LogP contribution in [0.3, 0.4) is 0 Å². The monoisotopic (exact) mass is 284 g/mol. The van der Waals surface area contributed by atoms with Crippen LogP contribution in [-0.2, 0) is 4.79 Å². The summed E-state index contributed by atoms with van der Waals surface area (Å²) in [5.41, 5.74) is 1.17. The summed E-state index contributed by atoms with van der Waals surface area (Å²) in [4.78, 5) is 11.7. The molecule has 1 aliphatic heterocycles. The van der Waals surface area contributed by atoms with Crippen LogP contribution in [0.1, 0.15) is 12.0 Å². The van der Waals surface area contributed by atoms with E-state index in [1.54, 1.807) is 0 Å². The van der Waals surface area contributed by atoms with Crippen LogP contribution in [0.2, 0.25) is 0 Å². The second kappa shape index (κ2) is 8.02. The van der Waals surface area contributed by atoms with E-state index in [0.29, 0.717) is 13.2 Å². The van der Waals surface area contributed by atoms with Gasteiger partial charge in [-0.1, -0.05) is 12.1 Å². The van der Waals surface area contributed by atoms with Crippen LogP contribution in [0.5, 0.6) is 5.75 Å². The molecule has 1 saturated heterocycles. The molecule has 0 saturated carbocycles. The van der Waals surface area contributed by atoms with Crippen molar-refractivity contribution in [2.75, 3.05) is 26.2 Å². The average Bonchev–Trinajstić information content (AvgIpc) is 2.88. The molecule has 1 atom stereocenters. The van der Waals surface area contributed by atoms with Crippen molar-refractivity contribution in [2.24, 2.45) is 5.92 Å². The molecule has 0 spiro atoms. The Bertz CT molecular complexity index is 406. The Morgan fingerprint density at radius 3 is 3.05 bits per heavy atom. The fourth-order valence-corrected chi connectivity index (χ4v) is 2.07. The van der Waals surface area contributed by atoms with E-state index < -0.39 is 0 Å². The number of rotatable bonds is 5. The first-order chi connectivity index (χ1) is 8.75. The van der Waals surface area contributed by atoms with E-state index in [0.717, 1.165) is 25.3 Å². The molecule has 1 amide bonds. The summed E-state index contributed by atoms with van der Waals surface area (Å²) in [7, 11) is 0. The zero-order valence-corrected chi connectivity index (χ0v) is 12.0. The molecule has 19 heavy (non-hydrogen) atoms. The van der Waals surface area contributed by atoms with Crippen LogP contribution < -0.4 is 15.4 Å². The van der Waals surface area contributed by atoms with Crippen molar-refractivity contribution < 1.29 is 9.53 Å². The molecule has 4 nitrogen and oxygen atoms in total. The van der Waals surface area contributed by atoms with Gasteiger partial charge in [-0.3, -0.25) is 4.79 Å². The molecule has 1 aromatic rings. The summed E-state index contributed by atoms with van der Waals surface area (Å²) >= 11 is 0. The lowest BCUT2D eigenvalue weighted by Gasteiger charge is -2.11. The zero-order valence-electron chi connectivity index (χ0n) is 11.1. The smallest absolute Gasteiger partial charge is 0.224 e. The highest BCUT2D eigenvalue weighted by atomic mass is 35.5. The van der Waals surface area contributed by atoms with E-state index in [4.69, 9.17) is 4.74 Å². The number of carbonyl (C=O) groups excluding carboxylic acids is 1. The van der Waals surface area contributed by atoms with Gasteiger partial charge in [0.25, 0.3) is 0 Å². The largest absolute Gasteiger partial charge is 0.492 e. The van der Waals surface area contributed by atoms with Gasteiger partial charge >= 0.3 is 0 Å². The van der Waals surface area contributed by atoms with Crippen LogP contribution in [0.15, 0.2) is 24.3 Å². The van der Waals surface area contributed by atoms with Crippen molar-refractivity contribution in [2.45, 2.75) is 13.3 Å². The third-order valence-corrected chi connectivity index (χ3v) is 3.09. The Morgan fingerprint density at radius 1 is 1.53 bits per heavy atom. The highest BCUT2D eigenvalue weighted by Gasteiger charge is 2.21. The first-order valence-corrected chi connectivity index (χ1v) is 6.43. The predicted octanol–water partition coefficient (Wildman–Crippen LogP) is 1.52. The summed E-state index contributed by atoms with van der Waals surface area (Å²) < 4.78 is 5.57. The van der Waals surface area contributed by atoms with Gasteiger partial charge in [-0.05, 0) is 37.6 Å². The molecule has 2 N–H and O–H groups in total. The fraction of sp³-hybridized carbons (Fsp3) is 0.500. The molecule has 0 bridgehead atoms. The van der Waals surface area contributed by atoms with E-state index in [9.17, 15) is 4.79 Å². The summed E-state index contributed by atoms with van der Waals surface area (Å²) in [6.07, 6.45) is 0.935. The molecule has 5 heteroatoms. The lowest BCUT2D eigenvalue weighted by Crippen LogP contribution is -2.34. The summed E-state index contributed by atoms with van der Waals surface area (Å²) in [6, 6.07) is 7.91. The molecule has 0 radical (unpaired) electrons. The van der Waals surface area contributed by atoms with Crippen molar-refractivity contribution in [3.8, 4) is 5.75 Å². The Morgan fingerprint density at radius 2 is 2.37 bits per heavy atom. The Hall–Kier alpha value is -1.26. The number of nitrogens with one attached hydrogen (secondary N) is 2. The number of hydrogen-bond acceptors (Lipinski definition) is 3. The van der Waals surface area contributed by atoms with Crippen LogP contribution >= 0.6 is 12.4 Å². The number of halogens is 1. The first-order valence-electron chi connectivity index (χ1n) is 6.43. The summed E-state index contributed by atoms with van der Waals surface area (Å²) in [6.45, 7) is 4.84. The molecule has 2 rings (SSSR count). The molecule has 0 aliphatic carbocycles. The van der Waals surface area contributed by atoms with Gasteiger partial charge in [0.05, 0.1) is 12.5 Å². The molecular weight excluding hydrogens is 264 g/mol. The highest BCUT2D eigenvalue weighted by molar-refractivity contribution is 5.85. The maximum Gasteiger partial charge on any atom is 0.224 e. The third kappa shape index (κ3) is 5.09. The second-order valence-corrected chi connectivity index (χ2v) is 4.65. The maximum atomic E-state index is 11.7. The van der Waals surface area contributed by atoms with Gasteiger partial charge in [0.2, 0.25) is 5.91 Å². The summed E-state index contributed by atoms with van der Waals surface area (Å²) in [5, 5.41) is 6.09. The summed E-state index contributed by atoms with van der Waals surface area (Å²) in [5.74, 6) is 1.11. The molecule has 1 fully saturated rings. The zero-order chi connectivity index (χ0) is 12.8. The molecule has 106 valence electrons. The number of ether oxygens (including phenoxy) is 1. The number of amides is 1. The minimum atomic E-state index is 0. The van der Waals surface area contributed by atoms with Gasteiger partial charge in [-0.15, -0.1) is 12.4 Å². The number of carbonyl (C=O) groups is 1. The second-order valence-electron chi connectivity index (χ2n) is 4.65.